The number of nitrogens with one attached hydrogen (secondary N) is 1. The lowest BCUT2D eigenvalue weighted by molar-refractivity contribution is 0.0955. The number of nitrogens with zero attached hydrogens (tertiary/aromatic N) is 1. The molecule has 1 aromatic heterocycles. The number of hydrogen-bond donors (Lipinski definition) is 1. The minimum absolute atomic E-state index is 0.232. The maximum Gasteiger partial charge on any atom is 0.271 e. The van der Waals surface area contributed by atoms with E-state index in [-0.39, 0.29) is 5.91 Å². The molecule has 0 atom stereocenters. The Kier molecular flexibility index (Phi) is 5.46. The zero-order chi connectivity index (χ0) is 16.1. The van der Waals surface area contributed by atoms with E-state index in [9.17, 15) is 4.79 Å². The van der Waals surface area contributed by atoms with Gasteiger partial charge in [0.1, 0.15) is 5.75 Å². The predicted octanol–water partition coefficient (Wildman–Crippen LogP) is 4.60. The topological polar surface area (TPSA) is 50.7 Å². The third-order valence-electron chi connectivity index (χ3n) is 3.67. The molecule has 1 aliphatic rings. The van der Waals surface area contributed by atoms with Crippen molar-refractivity contribution < 1.29 is 9.53 Å². The first-order valence-electron chi connectivity index (χ1n) is 7.56. The van der Waals surface area contributed by atoms with Crippen LogP contribution in [0.2, 0.25) is 0 Å². The minimum Gasteiger partial charge on any atom is -0.490 e. The Balaban J connectivity index is 1.53. The minimum atomic E-state index is -0.232. The molecule has 23 heavy (non-hydrogen) atoms. The summed E-state index contributed by atoms with van der Waals surface area (Å²) in [5.41, 5.74) is 3.09. The highest BCUT2D eigenvalue weighted by Crippen LogP contribution is 2.24. The summed E-state index contributed by atoms with van der Waals surface area (Å²) >= 11 is 4.94. The Morgan fingerprint density at radius 1 is 1.22 bits per heavy atom. The van der Waals surface area contributed by atoms with Gasteiger partial charge < -0.3 is 4.74 Å². The smallest absolute Gasteiger partial charge is 0.271 e. The van der Waals surface area contributed by atoms with Crippen molar-refractivity contribution in [2.45, 2.75) is 31.8 Å². The maximum absolute atomic E-state index is 12.0. The molecule has 1 N–H and O–H groups in total. The number of benzene rings is 1. The highest BCUT2D eigenvalue weighted by molar-refractivity contribution is 9.11. The molecule has 0 unspecified atom stereocenters. The van der Waals surface area contributed by atoms with E-state index in [4.69, 9.17) is 4.74 Å². The van der Waals surface area contributed by atoms with Gasteiger partial charge in [0, 0.05) is 10.4 Å². The monoisotopic (exact) mass is 392 g/mol. The number of halogens is 1. The van der Waals surface area contributed by atoms with E-state index < -0.39 is 0 Å². The molecular weight excluding hydrogens is 376 g/mol. The number of rotatable bonds is 5. The molecular formula is C17H17BrN2O2S. The summed E-state index contributed by atoms with van der Waals surface area (Å²) < 4.78 is 6.92. The van der Waals surface area contributed by atoms with Crippen LogP contribution in [0, 0.1) is 0 Å². The van der Waals surface area contributed by atoms with Gasteiger partial charge in [-0.2, -0.15) is 5.10 Å². The summed E-state index contributed by atoms with van der Waals surface area (Å²) in [4.78, 5) is 13.0. The van der Waals surface area contributed by atoms with E-state index in [0.29, 0.717) is 11.7 Å². The van der Waals surface area contributed by atoms with Gasteiger partial charge in [-0.25, -0.2) is 5.43 Å². The summed E-state index contributed by atoms with van der Waals surface area (Å²) in [5.74, 6) is 0.588. The molecule has 0 saturated heterocycles. The van der Waals surface area contributed by atoms with Gasteiger partial charge in [0.2, 0.25) is 0 Å². The van der Waals surface area contributed by atoms with E-state index in [1.807, 2.05) is 24.3 Å². The Morgan fingerprint density at radius 2 is 1.96 bits per heavy atom. The van der Waals surface area contributed by atoms with Crippen molar-refractivity contribution in [2.24, 2.45) is 5.10 Å². The summed E-state index contributed by atoms with van der Waals surface area (Å²) in [6.45, 7) is 0. The summed E-state index contributed by atoms with van der Waals surface area (Å²) in [6.07, 6.45) is 6.68. The number of thiophene rings is 1. The zero-order valence-electron chi connectivity index (χ0n) is 12.5. The number of amides is 1. The van der Waals surface area contributed by atoms with Crippen LogP contribution in [-0.2, 0) is 0 Å². The van der Waals surface area contributed by atoms with Gasteiger partial charge in [-0.05, 0) is 78.0 Å². The van der Waals surface area contributed by atoms with Crippen molar-refractivity contribution in [3.63, 3.8) is 0 Å². The number of carbonyl (C=O) groups is 1. The fourth-order valence-corrected chi connectivity index (χ4v) is 3.80. The van der Waals surface area contributed by atoms with E-state index in [2.05, 4.69) is 26.5 Å². The third kappa shape index (κ3) is 4.65. The van der Waals surface area contributed by atoms with Gasteiger partial charge in [-0.3, -0.25) is 4.79 Å². The average molecular weight is 393 g/mol. The van der Waals surface area contributed by atoms with E-state index in [1.54, 1.807) is 29.7 Å². The molecule has 0 aliphatic heterocycles. The Bertz CT molecular complexity index is 691. The predicted molar refractivity (Wildman–Crippen MR) is 96.4 cm³/mol. The molecule has 2 aromatic rings. The Morgan fingerprint density at radius 3 is 2.61 bits per heavy atom. The molecule has 0 radical (unpaired) electrons. The number of hydrogen-bond acceptors (Lipinski definition) is 4. The summed E-state index contributed by atoms with van der Waals surface area (Å²) in [7, 11) is 0. The molecule has 6 heteroatoms. The lowest BCUT2D eigenvalue weighted by atomic mass is 10.2. The van der Waals surface area contributed by atoms with Gasteiger partial charge in [0.25, 0.3) is 5.91 Å². The summed E-state index contributed by atoms with van der Waals surface area (Å²) in [5, 5.41) is 3.97. The van der Waals surface area contributed by atoms with Crippen LogP contribution in [-0.4, -0.2) is 18.2 Å². The Labute approximate surface area is 147 Å². The molecule has 1 amide bonds. The van der Waals surface area contributed by atoms with Crippen molar-refractivity contribution in [3.8, 4) is 5.75 Å². The van der Waals surface area contributed by atoms with Crippen LogP contribution in [0.4, 0.5) is 0 Å². The molecule has 0 spiro atoms. The molecule has 1 aliphatic carbocycles. The first-order valence-corrected chi connectivity index (χ1v) is 9.17. The van der Waals surface area contributed by atoms with Crippen LogP contribution in [0.25, 0.3) is 0 Å². The highest BCUT2D eigenvalue weighted by Gasteiger charge is 2.16. The quantitative estimate of drug-likeness (QED) is 0.597. The molecule has 1 heterocycles. The van der Waals surface area contributed by atoms with Gasteiger partial charge in [0.05, 0.1) is 16.1 Å². The Hall–Kier alpha value is -1.66. The van der Waals surface area contributed by atoms with Gasteiger partial charge in [-0.1, -0.05) is 0 Å². The summed E-state index contributed by atoms with van der Waals surface area (Å²) in [6, 6.07) is 11.1. The zero-order valence-corrected chi connectivity index (χ0v) is 14.9. The standard InChI is InChI=1S/C17H17BrN2O2S/c18-16-10-9-15(23-16)11-19-20-17(21)12-5-7-14(8-6-12)22-13-3-1-2-4-13/h5-11,13H,1-4H2,(H,20,21)/b19-11+. The first kappa shape index (κ1) is 16.2. The molecule has 1 saturated carbocycles. The second-order valence-electron chi connectivity index (χ2n) is 5.39. The van der Waals surface area contributed by atoms with Gasteiger partial charge in [-0.15, -0.1) is 11.3 Å². The SMILES string of the molecule is O=C(N/N=C/c1ccc(Br)s1)c1ccc(OC2CCCC2)cc1. The fourth-order valence-electron chi connectivity index (χ4n) is 2.50. The maximum atomic E-state index is 12.0. The lowest BCUT2D eigenvalue weighted by Gasteiger charge is -2.12. The van der Waals surface area contributed by atoms with Crippen molar-refractivity contribution in [1.82, 2.24) is 5.43 Å². The van der Waals surface area contributed by atoms with Crippen LogP contribution in [0.3, 0.4) is 0 Å². The first-order chi connectivity index (χ1) is 11.2. The molecule has 1 fully saturated rings. The van der Waals surface area contributed by atoms with Crippen LogP contribution < -0.4 is 10.2 Å². The van der Waals surface area contributed by atoms with Crippen molar-refractivity contribution >= 4 is 39.4 Å². The van der Waals surface area contributed by atoms with Gasteiger partial charge >= 0.3 is 0 Å². The van der Waals surface area contributed by atoms with Gasteiger partial charge in [0.15, 0.2) is 0 Å². The number of ether oxygens (including phenoxy) is 1. The molecule has 4 nitrogen and oxygen atoms in total. The second-order valence-corrected chi connectivity index (χ2v) is 7.88. The average Bonchev–Trinajstić information content (AvgIpc) is 3.20. The number of carbonyl (C=O) groups excluding carboxylic acids is 1. The number of hydrazone groups is 1. The molecule has 3 rings (SSSR count). The third-order valence-corrected chi connectivity index (χ3v) is 5.23. The van der Waals surface area contributed by atoms with Crippen LogP contribution in [0.5, 0.6) is 5.75 Å². The molecule has 120 valence electrons. The lowest BCUT2D eigenvalue weighted by Crippen LogP contribution is -2.17. The van der Waals surface area contributed by atoms with E-state index in [0.717, 1.165) is 27.3 Å². The van der Waals surface area contributed by atoms with Crippen molar-refractivity contribution in [3.05, 3.63) is 50.6 Å². The van der Waals surface area contributed by atoms with Crippen molar-refractivity contribution in [2.75, 3.05) is 0 Å². The molecule has 1 aromatic carbocycles. The fraction of sp³-hybridized carbons (Fsp3) is 0.294. The second kappa shape index (κ2) is 7.75. The van der Waals surface area contributed by atoms with Crippen LogP contribution in [0.15, 0.2) is 45.3 Å². The van der Waals surface area contributed by atoms with E-state index in [1.165, 1.54) is 12.8 Å². The van der Waals surface area contributed by atoms with Crippen LogP contribution >= 0.6 is 27.3 Å². The normalized spacial score (nSPS) is 15.2. The van der Waals surface area contributed by atoms with Crippen LogP contribution in [0.1, 0.15) is 40.9 Å². The van der Waals surface area contributed by atoms with Crippen molar-refractivity contribution in [1.29, 1.82) is 0 Å². The molecule has 0 bridgehead atoms. The highest BCUT2D eigenvalue weighted by atomic mass is 79.9. The van der Waals surface area contributed by atoms with E-state index >= 15 is 0 Å². The largest absolute Gasteiger partial charge is 0.490 e.